The maximum Gasteiger partial charge on any atom is 0.336 e. The first-order chi connectivity index (χ1) is 11.9. The first-order valence-corrected chi connectivity index (χ1v) is 10.6. The summed E-state index contributed by atoms with van der Waals surface area (Å²) in [5.74, 6) is 1.53. The van der Waals surface area contributed by atoms with E-state index in [1.54, 1.807) is 0 Å². The summed E-state index contributed by atoms with van der Waals surface area (Å²) in [6.07, 6.45) is 2.76. The van der Waals surface area contributed by atoms with Crippen molar-refractivity contribution >= 4 is 27.3 Å². The van der Waals surface area contributed by atoms with Crippen molar-refractivity contribution in [3.63, 3.8) is 0 Å². The molecule has 2 heterocycles. The third kappa shape index (κ3) is 3.26. The Morgan fingerprint density at radius 1 is 1.40 bits per heavy atom. The van der Waals surface area contributed by atoms with Crippen LogP contribution in [0.3, 0.4) is 0 Å². The lowest BCUT2D eigenvalue weighted by atomic mass is 10.3. The van der Waals surface area contributed by atoms with Gasteiger partial charge in [-0.25, -0.2) is 13.2 Å². The number of aromatic carboxylic acids is 1. The molecule has 2 aromatic rings. The van der Waals surface area contributed by atoms with Gasteiger partial charge in [-0.2, -0.15) is 4.31 Å². The van der Waals surface area contributed by atoms with E-state index in [1.807, 2.05) is 12.1 Å². The maximum absolute atomic E-state index is 13.0. The van der Waals surface area contributed by atoms with E-state index in [0.717, 1.165) is 36.4 Å². The van der Waals surface area contributed by atoms with Gasteiger partial charge in [-0.05, 0) is 43.4 Å². The monoisotopic (exact) mass is 381 g/mol. The molecule has 2 atom stereocenters. The highest BCUT2D eigenvalue weighted by atomic mass is 32.2. The Morgan fingerprint density at radius 3 is 2.68 bits per heavy atom. The Bertz CT molecular complexity index is 909. The molecule has 2 aromatic heterocycles. The van der Waals surface area contributed by atoms with Crippen LogP contribution in [0, 0.1) is 5.92 Å². The molecular formula is C17H19NO5S2. The third-order valence-corrected chi connectivity index (χ3v) is 8.12. The van der Waals surface area contributed by atoms with Crippen molar-refractivity contribution < 1.29 is 22.7 Å². The van der Waals surface area contributed by atoms with Gasteiger partial charge in [0.2, 0.25) is 0 Å². The number of thiophene rings is 1. The van der Waals surface area contributed by atoms with Crippen LogP contribution >= 0.6 is 11.3 Å². The molecule has 6 nitrogen and oxygen atoms in total. The largest absolute Gasteiger partial charge is 0.478 e. The van der Waals surface area contributed by atoms with Gasteiger partial charge in [0.15, 0.2) is 0 Å². The van der Waals surface area contributed by atoms with Crippen molar-refractivity contribution in [1.29, 1.82) is 0 Å². The normalized spacial score (nSPS) is 23.1. The fraction of sp³-hybridized carbons (Fsp3) is 0.471. The van der Waals surface area contributed by atoms with Crippen LogP contribution in [0.15, 0.2) is 32.2 Å². The van der Waals surface area contributed by atoms with Crippen molar-refractivity contribution in [1.82, 2.24) is 4.31 Å². The highest BCUT2D eigenvalue weighted by molar-refractivity contribution is 7.91. The van der Waals surface area contributed by atoms with Crippen molar-refractivity contribution in [3.8, 4) is 0 Å². The average molecular weight is 381 g/mol. The van der Waals surface area contributed by atoms with Gasteiger partial charge in [0.1, 0.15) is 15.7 Å². The molecule has 134 valence electrons. The van der Waals surface area contributed by atoms with Crippen molar-refractivity contribution in [2.24, 2.45) is 5.92 Å². The van der Waals surface area contributed by atoms with E-state index < -0.39 is 16.0 Å². The molecule has 0 saturated heterocycles. The molecule has 2 unspecified atom stereocenters. The molecule has 2 fully saturated rings. The first-order valence-electron chi connectivity index (χ1n) is 8.28. The van der Waals surface area contributed by atoms with Gasteiger partial charge < -0.3 is 9.52 Å². The van der Waals surface area contributed by atoms with Crippen LogP contribution in [-0.2, 0) is 16.6 Å². The van der Waals surface area contributed by atoms with Gasteiger partial charge in [-0.15, -0.1) is 11.3 Å². The summed E-state index contributed by atoms with van der Waals surface area (Å²) >= 11 is 0.948. The van der Waals surface area contributed by atoms with Gasteiger partial charge >= 0.3 is 5.97 Å². The van der Waals surface area contributed by atoms with Crippen LogP contribution < -0.4 is 0 Å². The molecule has 1 N–H and O–H groups in total. The summed E-state index contributed by atoms with van der Waals surface area (Å²) in [6, 6.07) is 4.99. The van der Waals surface area contributed by atoms with Crippen molar-refractivity contribution in [2.45, 2.75) is 48.9 Å². The van der Waals surface area contributed by atoms with Crippen molar-refractivity contribution in [2.75, 3.05) is 0 Å². The highest BCUT2D eigenvalue weighted by Gasteiger charge is 2.40. The van der Waals surface area contributed by atoms with Crippen LogP contribution in [0.25, 0.3) is 0 Å². The molecule has 0 spiro atoms. The van der Waals surface area contributed by atoms with E-state index in [9.17, 15) is 13.2 Å². The van der Waals surface area contributed by atoms with Gasteiger partial charge in [-0.1, -0.05) is 6.92 Å². The Hall–Kier alpha value is -1.64. The molecule has 4 rings (SSSR count). The molecule has 8 heteroatoms. The number of furan rings is 1. The lowest BCUT2D eigenvalue weighted by Crippen LogP contribution is -2.32. The minimum absolute atomic E-state index is 0.00216. The van der Waals surface area contributed by atoms with E-state index in [-0.39, 0.29) is 22.4 Å². The van der Waals surface area contributed by atoms with Gasteiger partial charge in [0.25, 0.3) is 10.0 Å². The van der Waals surface area contributed by atoms with Crippen LogP contribution in [0.5, 0.6) is 0 Å². The molecule has 0 bridgehead atoms. The first kappa shape index (κ1) is 16.8. The highest BCUT2D eigenvalue weighted by Crippen LogP contribution is 2.47. The minimum atomic E-state index is -3.73. The number of carboxylic acids is 1. The lowest BCUT2D eigenvalue weighted by Gasteiger charge is -2.19. The fourth-order valence-electron chi connectivity index (χ4n) is 3.00. The number of rotatable bonds is 7. The fourth-order valence-corrected chi connectivity index (χ4v) is 5.94. The zero-order chi connectivity index (χ0) is 17.8. The Labute approximate surface area is 150 Å². The number of sulfonamides is 1. The van der Waals surface area contributed by atoms with Crippen LogP contribution in [0.1, 0.15) is 54.0 Å². The summed E-state index contributed by atoms with van der Waals surface area (Å²) in [5, 5.41) is 10.4. The zero-order valence-corrected chi connectivity index (χ0v) is 15.3. The molecule has 0 radical (unpaired) electrons. The molecule has 0 aromatic carbocycles. The number of hydrogen-bond donors (Lipinski definition) is 1. The second-order valence-electron chi connectivity index (χ2n) is 6.86. The molecule has 2 aliphatic carbocycles. The Balaban J connectivity index is 1.57. The molecule has 2 aliphatic rings. The SMILES string of the molecule is CC1CC1c1ccc(CN(C2CC2)S(=O)(=O)c2cc(C(=O)O)cs2)o1. The molecule has 2 saturated carbocycles. The van der Waals surface area contributed by atoms with Gasteiger partial charge in [0.05, 0.1) is 12.1 Å². The Morgan fingerprint density at radius 2 is 2.12 bits per heavy atom. The Kier molecular flexibility index (Phi) is 4.01. The van der Waals surface area contributed by atoms with E-state index >= 15 is 0 Å². The second kappa shape index (κ2) is 5.96. The minimum Gasteiger partial charge on any atom is -0.478 e. The van der Waals surface area contributed by atoms with E-state index in [2.05, 4.69) is 6.92 Å². The molecule has 0 amide bonds. The predicted octanol–water partition coefficient (Wildman–Crippen LogP) is 3.52. The maximum atomic E-state index is 13.0. The number of carbonyl (C=O) groups is 1. The quantitative estimate of drug-likeness (QED) is 0.793. The van der Waals surface area contributed by atoms with Crippen LogP contribution in [0.2, 0.25) is 0 Å². The summed E-state index contributed by atoms with van der Waals surface area (Å²) in [5.41, 5.74) is 0.00216. The third-order valence-electron chi connectivity index (χ3n) is 4.81. The van der Waals surface area contributed by atoms with Crippen molar-refractivity contribution in [3.05, 3.63) is 40.7 Å². The zero-order valence-electron chi connectivity index (χ0n) is 13.7. The number of carboxylic acid groups (broad SMARTS) is 1. The van der Waals surface area contributed by atoms with E-state index in [0.29, 0.717) is 17.6 Å². The van der Waals surface area contributed by atoms with E-state index in [4.69, 9.17) is 9.52 Å². The summed E-state index contributed by atoms with van der Waals surface area (Å²) in [7, 11) is -3.73. The van der Waals surface area contributed by atoms with E-state index in [1.165, 1.54) is 15.8 Å². The smallest absolute Gasteiger partial charge is 0.336 e. The summed E-state index contributed by atoms with van der Waals surface area (Å²) in [4.78, 5) is 11.0. The lowest BCUT2D eigenvalue weighted by molar-refractivity contribution is 0.0697. The van der Waals surface area contributed by atoms with Crippen LogP contribution in [-0.4, -0.2) is 29.8 Å². The molecule has 25 heavy (non-hydrogen) atoms. The second-order valence-corrected chi connectivity index (χ2v) is 9.89. The predicted molar refractivity (Wildman–Crippen MR) is 92.3 cm³/mol. The summed E-state index contributed by atoms with van der Waals surface area (Å²) in [6.45, 7) is 2.36. The standard InChI is InChI=1S/C17H19NO5S2/c1-10-6-14(10)15-5-4-13(23-15)8-18(12-2-3-12)25(21,22)16-7-11(9-24-16)17(19)20/h4-5,7,9-10,12,14H,2-3,6,8H2,1H3,(H,19,20). The summed E-state index contributed by atoms with van der Waals surface area (Å²) < 4.78 is 33.3. The van der Waals surface area contributed by atoms with Crippen LogP contribution in [0.4, 0.5) is 0 Å². The topological polar surface area (TPSA) is 87.8 Å². The average Bonchev–Trinajstić information content (AvgIpc) is 3.40. The molecular weight excluding hydrogens is 362 g/mol. The molecule has 0 aliphatic heterocycles. The number of nitrogens with zero attached hydrogens (tertiary/aromatic N) is 1. The van der Waals surface area contributed by atoms with Gasteiger partial charge in [0, 0.05) is 17.3 Å². The van der Waals surface area contributed by atoms with Gasteiger partial charge in [-0.3, -0.25) is 0 Å². The number of hydrogen-bond acceptors (Lipinski definition) is 5.